The Labute approximate surface area is 199 Å². The number of carbonyl (C=O) groups excluding carboxylic acids is 2. The monoisotopic (exact) mass is 465 g/mol. The van der Waals surface area contributed by atoms with Crippen molar-refractivity contribution in [3.63, 3.8) is 0 Å². The predicted octanol–water partition coefficient (Wildman–Crippen LogP) is 3.58. The van der Waals surface area contributed by atoms with E-state index >= 15 is 0 Å². The van der Waals surface area contributed by atoms with Crippen LogP contribution >= 0.6 is 11.3 Å². The first-order chi connectivity index (χ1) is 16.1. The minimum atomic E-state index is -0.629. The highest BCUT2D eigenvalue weighted by Gasteiger charge is 2.21. The van der Waals surface area contributed by atoms with Gasteiger partial charge in [0.05, 0.1) is 6.61 Å². The summed E-state index contributed by atoms with van der Waals surface area (Å²) in [7, 11) is 0. The Morgan fingerprint density at radius 3 is 2.30 bits per heavy atom. The van der Waals surface area contributed by atoms with Gasteiger partial charge in [0.1, 0.15) is 11.8 Å². The molecule has 1 aromatic heterocycles. The van der Waals surface area contributed by atoms with Gasteiger partial charge in [0.25, 0.3) is 0 Å². The lowest BCUT2D eigenvalue weighted by atomic mass is 10.1. The Morgan fingerprint density at radius 1 is 0.970 bits per heavy atom. The fourth-order valence-corrected chi connectivity index (χ4v) is 4.08. The number of benzene rings is 2. The normalized spacial score (nSPS) is 11.6. The molecule has 0 aliphatic carbocycles. The van der Waals surface area contributed by atoms with Crippen LogP contribution in [0.4, 0.5) is 0 Å². The molecule has 3 rings (SSSR count). The van der Waals surface area contributed by atoms with Gasteiger partial charge in [-0.25, -0.2) is 0 Å². The van der Waals surface area contributed by atoms with Crippen LogP contribution in [0.1, 0.15) is 35.6 Å². The Bertz CT molecular complexity index is 1000. The minimum Gasteiger partial charge on any atom is -0.494 e. The van der Waals surface area contributed by atoms with Crippen LogP contribution in [-0.2, 0) is 35.5 Å². The van der Waals surface area contributed by atoms with E-state index in [-0.39, 0.29) is 11.8 Å². The number of nitrogens with one attached hydrogen (secondary N) is 2. The van der Waals surface area contributed by atoms with Crippen LogP contribution in [0.5, 0.6) is 5.75 Å². The molecule has 174 valence electrons. The summed E-state index contributed by atoms with van der Waals surface area (Å²) < 4.78 is 5.45. The van der Waals surface area contributed by atoms with Crippen molar-refractivity contribution in [2.45, 2.75) is 45.3 Å². The van der Waals surface area contributed by atoms with Gasteiger partial charge in [0.15, 0.2) is 0 Å². The zero-order valence-corrected chi connectivity index (χ0v) is 19.7. The van der Waals surface area contributed by atoms with Gasteiger partial charge in [-0.2, -0.15) is 11.3 Å². The lowest BCUT2D eigenvalue weighted by molar-refractivity contribution is -0.129. The average molecular weight is 466 g/mol. The molecule has 0 aliphatic rings. The molecule has 1 heterocycles. The van der Waals surface area contributed by atoms with Crippen molar-refractivity contribution in [2.75, 3.05) is 6.61 Å². The van der Waals surface area contributed by atoms with Crippen LogP contribution in [0.2, 0.25) is 0 Å². The van der Waals surface area contributed by atoms with Gasteiger partial charge in [-0.3, -0.25) is 9.59 Å². The second-order valence-corrected chi connectivity index (χ2v) is 8.55. The Hall–Kier alpha value is -3.16. The lowest BCUT2D eigenvalue weighted by Crippen LogP contribution is -2.47. The highest BCUT2D eigenvalue weighted by molar-refractivity contribution is 7.07. The van der Waals surface area contributed by atoms with E-state index in [1.807, 2.05) is 72.3 Å². The molecule has 2 amide bonds. The largest absolute Gasteiger partial charge is 0.494 e. The maximum Gasteiger partial charge on any atom is 0.243 e. The molecule has 6 nitrogen and oxygen atoms in total. The van der Waals surface area contributed by atoms with E-state index in [1.54, 1.807) is 11.3 Å². The summed E-state index contributed by atoms with van der Waals surface area (Å²) in [6.07, 6.45) is 1.36. The molecule has 2 aromatic carbocycles. The molecule has 0 saturated carbocycles. The van der Waals surface area contributed by atoms with Crippen molar-refractivity contribution in [2.24, 2.45) is 5.73 Å². The van der Waals surface area contributed by atoms with Gasteiger partial charge in [0, 0.05) is 25.9 Å². The number of hydrogen-bond acceptors (Lipinski definition) is 5. The first kappa shape index (κ1) is 24.5. The highest BCUT2D eigenvalue weighted by Crippen LogP contribution is 2.14. The summed E-state index contributed by atoms with van der Waals surface area (Å²) in [6.45, 7) is 3.44. The molecule has 0 unspecified atom stereocenters. The quantitative estimate of drug-likeness (QED) is 0.381. The van der Waals surface area contributed by atoms with Crippen LogP contribution < -0.4 is 21.1 Å². The van der Waals surface area contributed by atoms with Gasteiger partial charge >= 0.3 is 0 Å². The molecule has 0 radical (unpaired) electrons. The lowest BCUT2D eigenvalue weighted by Gasteiger charge is -2.18. The maximum absolute atomic E-state index is 12.9. The number of carbonyl (C=O) groups is 2. The van der Waals surface area contributed by atoms with E-state index in [0.717, 1.165) is 28.0 Å². The first-order valence-electron chi connectivity index (χ1n) is 11.1. The molecule has 1 atom stereocenters. The number of ether oxygens (including phenoxy) is 1. The molecule has 3 aromatic rings. The molecule has 0 saturated heterocycles. The van der Waals surface area contributed by atoms with Gasteiger partial charge in [0.2, 0.25) is 11.8 Å². The van der Waals surface area contributed by atoms with Gasteiger partial charge in [-0.05, 0) is 64.6 Å². The Kier molecular flexibility index (Phi) is 9.47. The van der Waals surface area contributed by atoms with Crippen molar-refractivity contribution < 1.29 is 14.3 Å². The summed E-state index contributed by atoms with van der Waals surface area (Å²) in [4.78, 5) is 25.6. The first-order valence-corrected chi connectivity index (χ1v) is 12.1. The molecule has 0 bridgehead atoms. The number of amides is 2. The molecule has 0 fully saturated rings. The number of rotatable bonds is 12. The van der Waals surface area contributed by atoms with E-state index in [1.165, 1.54) is 0 Å². The summed E-state index contributed by atoms with van der Waals surface area (Å²) in [5.41, 5.74) is 9.74. The number of thiophene rings is 1. The van der Waals surface area contributed by atoms with E-state index in [9.17, 15) is 9.59 Å². The second-order valence-electron chi connectivity index (χ2n) is 7.77. The minimum absolute atomic E-state index is 0.147. The average Bonchev–Trinajstić information content (AvgIpc) is 3.35. The van der Waals surface area contributed by atoms with E-state index in [2.05, 4.69) is 10.6 Å². The molecular formula is C26H31N3O3S. The second kappa shape index (κ2) is 12.8. The van der Waals surface area contributed by atoms with Gasteiger partial charge in [-0.1, -0.05) is 36.4 Å². The van der Waals surface area contributed by atoms with Crippen molar-refractivity contribution in [3.8, 4) is 5.75 Å². The summed E-state index contributed by atoms with van der Waals surface area (Å²) >= 11 is 1.57. The zero-order valence-electron chi connectivity index (χ0n) is 18.9. The van der Waals surface area contributed by atoms with Gasteiger partial charge < -0.3 is 21.1 Å². The summed E-state index contributed by atoms with van der Waals surface area (Å²) in [6, 6.07) is 16.9. The van der Waals surface area contributed by atoms with E-state index in [0.29, 0.717) is 39.0 Å². The predicted molar refractivity (Wildman–Crippen MR) is 132 cm³/mol. The zero-order chi connectivity index (χ0) is 23.5. The summed E-state index contributed by atoms with van der Waals surface area (Å²) in [5, 5.41) is 9.84. The third-order valence-corrected chi connectivity index (χ3v) is 6.00. The van der Waals surface area contributed by atoms with Gasteiger partial charge in [-0.15, -0.1) is 0 Å². The number of aryl methyl sites for hydroxylation is 1. The fraction of sp³-hybridized carbons (Fsp3) is 0.308. The topological polar surface area (TPSA) is 93.4 Å². The molecule has 0 aliphatic heterocycles. The highest BCUT2D eigenvalue weighted by atomic mass is 32.1. The van der Waals surface area contributed by atoms with E-state index in [4.69, 9.17) is 10.5 Å². The molecule has 4 N–H and O–H groups in total. The molecule has 0 spiro atoms. The van der Waals surface area contributed by atoms with E-state index < -0.39 is 6.04 Å². The smallest absolute Gasteiger partial charge is 0.243 e. The van der Waals surface area contributed by atoms with Crippen LogP contribution in [0.3, 0.4) is 0 Å². The summed E-state index contributed by atoms with van der Waals surface area (Å²) in [5.74, 6) is 0.473. The fourth-order valence-electron chi connectivity index (χ4n) is 3.40. The van der Waals surface area contributed by atoms with Crippen molar-refractivity contribution in [1.82, 2.24) is 10.6 Å². The SMILES string of the molecule is CCOc1ccc(CCC(=O)N[C@@H](Cc2ccsc2)C(=O)NCc2ccc(CN)cc2)cc1. The van der Waals surface area contributed by atoms with Crippen molar-refractivity contribution in [1.29, 1.82) is 0 Å². The maximum atomic E-state index is 12.9. The molecule has 7 heteroatoms. The number of hydrogen-bond donors (Lipinski definition) is 3. The van der Waals surface area contributed by atoms with Crippen molar-refractivity contribution >= 4 is 23.2 Å². The Morgan fingerprint density at radius 2 is 1.67 bits per heavy atom. The van der Waals surface area contributed by atoms with Crippen LogP contribution in [0, 0.1) is 0 Å². The molecule has 33 heavy (non-hydrogen) atoms. The third-order valence-electron chi connectivity index (χ3n) is 5.27. The Balaban J connectivity index is 1.55. The number of nitrogens with two attached hydrogens (primary N) is 1. The molecular weight excluding hydrogens is 434 g/mol. The van der Waals surface area contributed by atoms with Crippen LogP contribution in [-0.4, -0.2) is 24.5 Å². The third kappa shape index (κ3) is 8.04. The van der Waals surface area contributed by atoms with Crippen molar-refractivity contribution in [3.05, 3.63) is 87.6 Å². The van der Waals surface area contributed by atoms with Crippen LogP contribution in [0.15, 0.2) is 65.4 Å². The standard InChI is InChI=1S/C26H31N3O3S/c1-2-32-23-10-7-19(8-11-23)9-12-25(30)29-24(15-22-13-14-33-18-22)26(31)28-17-21-5-3-20(16-27)4-6-21/h3-8,10-11,13-14,18,24H,2,9,12,15-17,27H2,1H3,(H,28,31)(H,29,30)/t24-/m0/s1. The van der Waals surface area contributed by atoms with Crippen LogP contribution in [0.25, 0.3) is 0 Å².